The number of nitrogens with zero attached hydrogens (tertiary/aromatic N) is 1. The second-order valence-corrected chi connectivity index (χ2v) is 5.25. The highest BCUT2D eigenvalue weighted by Gasteiger charge is 2.26. The van der Waals surface area contributed by atoms with E-state index in [0.717, 1.165) is 17.5 Å². The summed E-state index contributed by atoms with van der Waals surface area (Å²) in [6.45, 7) is 3.51. The number of aromatic nitrogens is 2. The number of aromatic amines is 1. The van der Waals surface area contributed by atoms with Gasteiger partial charge in [-0.25, -0.2) is 4.79 Å². The first kappa shape index (κ1) is 11.8. The highest BCUT2D eigenvalue weighted by atomic mass is 35.5. The van der Waals surface area contributed by atoms with Gasteiger partial charge in [0.1, 0.15) is 0 Å². The molecule has 96 valence electrons. The van der Waals surface area contributed by atoms with Crippen LogP contribution in [-0.4, -0.2) is 22.8 Å². The maximum atomic E-state index is 12.1. The first-order chi connectivity index (χ1) is 8.68. The van der Waals surface area contributed by atoms with E-state index in [1.807, 2.05) is 16.7 Å². The highest BCUT2D eigenvalue weighted by Crippen LogP contribution is 2.29. The van der Waals surface area contributed by atoms with Crippen LogP contribution < -0.4 is 5.69 Å². The molecule has 5 heteroatoms. The predicted octanol–water partition coefficient (Wildman–Crippen LogP) is 2.58. The third kappa shape index (κ3) is 1.76. The van der Waals surface area contributed by atoms with Gasteiger partial charge in [0, 0.05) is 18.6 Å². The molecule has 1 aromatic heterocycles. The maximum Gasteiger partial charge on any atom is 0.326 e. The van der Waals surface area contributed by atoms with Gasteiger partial charge in [0.25, 0.3) is 0 Å². The summed E-state index contributed by atoms with van der Waals surface area (Å²) < 4.78 is 7.26. The zero-order valence-corrected chi connectivity index (χ0v) is 10.9. The van der Waals surface area contributed by atoms with Crippen LogP contribution in [0.5, 0.6) is 0 Å². The number of ether oxygens (including phenoxy) is 1. The summed E-state index contributed by atoms with van der Waals surface area (Å²) in [6.07, 6.45) is 0.862. The summed E-state index contributed by atoms with van der Waals surface area (Å²) in [5.41, 5.74) is 1.52. The van der Waals surface area contributed by atoms with Gasteiger partial charge >= 0.3 is 5.69 Å². The number of fused-ring (bicyclic) bond motifs is 1. The molecule has 0 bridgehead atoms. The summed E-state index contributed by atoms with van der Waals surface area (Å²) in [5.74, 6) is 0.328. The Bertz CT molecular complexity index is 631. The lowest BCUT2D eigenvalue weighted by atomic mass is 9.97. The van der Waals surface area contributed by atoms with Gasteiger partial charge in [0.15, 0.2) is 0 Å². The monoisotopic (exact) mass is 266 g/mol. The number of nitrogens with one attached hydrogen (secondary N) is 1. The van der Waals surface area contributed by atoms with E-state index in [9.17, 15) is 4.79 Å². The molecular formula is C13H15ClN2O2. The molecule has 1 fully saturated rings. The van der Waals surface area contributed by atoms with Gasteiger partial charge in [-0.2, -0.15) is 0 Å². The molecule has 18 heavy (non-hydrogen) atoms. The van der Waals surface area contributed by atoms with E-state index in [2.05, 4.69) is 11.9 Å². The predicted molar refractivity (Wildman–Crippen MR) is 71.2 cm³/mol. The molecule has 1 N–H and O–H groups in total. The van der Waals surface area contributed by atoms with Gasteiger partial charge < -0.3 is 9.72 Å². The minimum atomic E-state index is -0.0862. The number of benzene rings is 1. The number of imidazole rings is 1. The molecule has 0 amide bonds. The van der Waals surface area contributed by atoms with Crippen molar-refractivity contribution < 1.29 is 4.74 Å². The van der Waals surface area contributed by atoms with E-state index in [1.54, 1.807) is 6.07 Å². The molecule has 4 nitrogen and oxygen atoms in total. The molecule has 0 unspecified atom stereocenters. The number of hydrogen-bond acceptors (Lipinski definition) is 2. The van der Waals surface area contributed by atoms with Crippen LogP contribution in [0.25, 0.3) is 11.0 Å². The van der Waals surface area contributed by atoms with Crippen molar-refractivity contribution in [2.75, 3.05) is 13.2 Å². The lowest BCUT2D eigenvalue weighted by Crippen LogP contribution is -2.33. The van der Waals surface area contributed by atoms with Crippen LogP contribution in [0.3, 0.4) is 0 Å². The normalized spacial score (nSPS) is 24.6. The van der Waals surface area contributed by atoms with Crippen molar-refractivity contribution in [3.8, 4) is 0 Å². The Morgan fingerprint density at radius 3 is 3.11 bits per heavy atom. The topological polar surface area (TPSA) is 47.0 Å². The smallest absolute Gasteiger partial charge is 0.326 e. The Hall–Kier alpha value is -1.26. The summed E-state index contributed by atoms with van der Waals surface area (Å²) in [7, 11) is 0. The largest absolute Gasteiger partial charge is 0.381 e. The molecule has 0 spiro atoms. The van der Waals surface area contributed by atoms with Gasteiger partial charge in [-0.1, -0.05) is 24.6 Å². The first-order valence-corrected chi connectivity index (χ1v) is 6.53. The van der Waals surface area contributed by atoms with Crippen LogP contribution in [0, 0.1) is 5.92 Å². The molecule has 1 aliphatic heterocycles. The number of halogens is 1. The molecule has 1 aliphatic rings. The van der Waals surface area contributed by atoms with E-state index in [1.165, 1.54) is 0 Å². The number of hydrogen-bond donors (Lipinski definition) is 1. The fourth-order valence-corrected chi connectivity index (χ4v) is 2.91. The molecule has 3 rings (SSSR count). The molecule has 1 aromatic carbocycles. The summed E-state index contributed by atoms with van der Waals surface area (Å²) in [5, 5.41) is 0.586. The van der Waals surface area contributed by atoms with E-state index in [0.29, 0.717) is 24.2 Å². The molecule has 0 saturated carbocycles. The summed E-state index contributed by atoms with van der Waals surface area (Å²) >= 11 is 6.11. The van der Waals surface area contributed by atoms with Crippen LogP contribution in [0.1, 0.15) is 19.4 Å². The summed E-state index contributed by atoms with van der Waals surface area (Å²) in [4.78, 5) is 15.0. The third-order valence-corrected chi connectivity index (χ3v) is 3.94. The Labute approximate surface area is 110 Å². The van der Waals surface area contributed by atoms with Gasteiger partial charge in [0.05, 0.1) is 22.7 Å². The van der Waals surface area contributed by atoms with Crippen molar-refractivity contribution in [3.63, 3.8) is 0 Å². The van der Waals surface area contributed by atoms with Gasteiger partial charge in [-0.15, -0.1) is 0 Å². The van der Waals surface area contributed by atoms with Crippen molar-refractivity contribution in [1.82, 2.24) is 9.55 Å². The lowest BCUT2D eigenvalue weighted by Gasteiger charge is -2.29. The second kappa shape index (κ2) is 4.44. The Morgan fingerprint density at radius 1 is 1.50 bits per heavy atom. The van der Waals surface area contributed by atoms with Crippen LogP contribution >= 0.6 is 11.6 Å². The zero-order chi connectivity index (χ0) is 12.7. The SMILES string of the molecule is C[C@@H]1COCC[C@H]1n1c(=O)[nH]c2c(Cl)cccc21. The minimum Gasteiger partial charge on any atom is -0.381 e. The van der Waals surface area contributed by atoms with Crippen molar-refractivity contribution >= 4 is 22.6 Å². The maximum absolute atomic E-state index is 12.1. The standard InChI is InChI=1S/C13H15ClN2O2/c1-8-7-18-6-5-10(8)16-11-4-2-3-9(14)12(11)15-13(16)17/h2-4,8,10H,5-7H2,1H3,(H,15,17)/t8-,10-/m1/s1. The molecule has 0 aliphatic carbocycles. The molecule has 2 aromatic rings. The molecular weight excluding hydrogens is 252 g/mol. The second-order valence-electron chi connectivity index (χ2n) is 4.84. The van der Waals surface area contributed by atoms with Crippen LogP contribution in [-0.2, 0) is 4.74 Å². The number of H-pyrrole nitrogens is 1. The first-order valence-electron chi connectivity index (χ1n) is 6.15. The zero-order valence-electron chi connectivity index (χ0n) is 10.1. The molecule has 0 radical (unpaired) electrons. The average Bonchev–Trinajstić information content (AvgIpc) is 2.68. The fourth-order valence-electron chi connectivity index (χ4n) is 2.70. The van der Waals surface area contributed by atoms with Gasteiger partial charge in [-0.05, 0) is 18.6 Å². The van der Waals surface area contributed by atoms with Crippen molar-refractivity contribution in [1.29, 1.82) is 0 Å². The molecule has 2 heterocycles. The Morgan fingerprint density at radius 2 is 2.33 bits per heavy atom. The van der Waals surface area contributed by atoms with Crippen LogP contribution in [0.15, 0.2) is 23.0 Å². The van der Waals surface area contributed by atoms with Crippen LogP contribution in [0.2, 0.25) is 5.02 Å². The number of rotatable bonds is 1. The molecule has 1 saturated heterocycles. The number of para-hydroxylation sites is 1. The lowest BCUT2D eigenvalue weighted by molar-refractivity contribution is 0.0289. The van der Waals surface area contributed by atoms with E-state index >= 15 is 0 Å². The van der Waals surface area contributed by atoms with E-state index in [4.69, 9.17) is 16.3 Å². The van der Waals surface area contributed by atoms with Gasteiger partial charge in [-0.3, -0.25) is 4.57 Å². The Balaban J connectivity index is 2.19. The van der Waals surface area contributed by atoms with Crippen molar-refractivity contribution in [2.45, 2.75) is 19.4 Å². The summed E-state index contributed by atoms with van der Waals surface area (Å²) in [6, 6.07) is 5.77. The fraction of sp³-hybridized carbons (Fsp3) is 0.462. The van der Waals surface area contributed by atoms with Gasteiger partial charge in [0.2, 0.25) is 0 Å². The quantitative estimate of drug-likeness (QED) is 0.862. The van der Waals surface area contributed by atoms with Crippen molar-refractivity contribution in [2.24, 2.45) is 5.92 Å². The van der Waals surface area contributed by atoms with E-state index in [-0.39, 0.29) is 11.7 Å². The van der Waals surface area contributed by atoms with Crippen molar-refractivity contribution in [3.05, 3.63) is 33.7 Å². The average molecular weight is 267 g/mol. The highest BCUT2D eigenvalue weighted by molar-refractivity contribution is 6.34. The van der Waals surface area contributed by atoms with Crippen LogP contribution in [0.4, 0.5) is 0 Å². The molecule has 2 atom stereocenters. The third-order valence-electron chi connectivity index (χ3n) is 3.63. The minimum absolute atomic E-state index is 0.0862. The van der Waals surface area contributed by atoms with E-state index < -0.39 is 0 Å². The Kier molecular flexibility index (Phi) is 2.92.